The maximum absolute atomic E-state index is 12.5. The van der Waals surface area contributed by atoms with E-state index in [0.29, 0.717) is 25.8 Å². The predicted octanol–water partition coefficient (Wildman–Crippen LogP) is 4.85. The average Bonchev–Trinajstić information content (AvgIpc) is 2.87. The summed E-state index contributed by atoms with van der Waals surface area (Å²) in [5.41, 5.74) is 1.04. The van der Waals surface area contributed by atoms with Crippen LogP contribution >= 0.6 is 43.6 Å². The molecule has 1 saturated heterocycles. The Kier molecular flexibility index (Phi) is 5.73. The molecule has 1 fully saturated rings. The van der Waals surface area contributed by atoms with Crippen LogP contribution in [0.2, 0.25) is 0 Å². The van der Waals surface area contributed by atoms with Crippen molar-refractivity contribution in [3.8, 4) is 5.75 Å². The number of halogens is 2. The van der Waals surface area contributed by atoms with Gasteiger partial charge in [-0.15, -0.1) is 0 Å². The van der Waals surface area contributed by atoms with Crippen molar-refractivity contribution < 1.29 is 19.8 Å². The fourth-order valence-corrected chi connectivity index (χ4v) is 4.54. The van der Waals surface area contributed by atoms with Crippen LogP contribution in [-0.4, -0.2) is 39.2 Å². The average molecular weight is 512 g/mol. The van der Waals surface area contributed by atoms with E-state index in [-0.39, 0.29) is 17.2 Å². The second-order valence-electron chi connectivity index (χ2n) is 5.55. The highest BCUT2D eigenvalue weighted by atomic mass is 79.9. The fourth-order valence-electron chi connectivity index (χ4n) is 2.31. The first-order valence-corrected chi connectivity index (χ1v) is 9.94. The highest BCUT2D eigenvalue weighted by Crippen LogP contribution is 2.37. The van der Waals surface area contributed by atoms with Gasteiger partial charge in [0.15, 0.2) is 5.17 Å². The summed E-state index contributed by atoms with van der Waals surface area (Å²) in [4.78, 5) is 29.8. The lowest BCUT2D eigenvalue weighted by atomic mass is 10.2. The van der Waals surface area contributed by atoms with E-state index in [0.717, 1.165) is 16.2 Å². The molecule has 0 unspecified atom stereocenters. The Labute approximate surface area is 175 Å². The van der Waals surface area contributed by atoms with Gasteiger partial charge in [0.2, 0.25) is 0 Å². The number of benzene rings is 2. The zero-order valence-electron chi connectivity index (χ0n) is 13.8. The van der Waals surface area contributed by atoms with Gasteiger partial charge in [0.05, 0.1) is 20.6 Å². The van der Waals surface area contributed by atoms with E-state index >= 15 is 0 Å². The second kappa shape index (κ2) is 7.87. The number of nitrogens with zero attached hydrogens (tertiary/aromatic N) is 2. The van der Waals surface area contributed by atoms with Crippen molar-refractivity contribution in [1.29, 1.82) is 0 Å². The highest BCUT2D eigenvalue weighted by Gasteiger charge is 2.30. The minimum absolute atomic E-state index is 0.0290. The van der Waals surface area contributed by atoms with Crippen molar-refractivity contribution in [2.45, 2.75) is 0 Å². The number of carbonyl (C=O) groups is 2. The van der Waals surface area contributed by atoms with Crippen molar-refractivity contribution >= 4 is 72.4 Å². The van der Waals surface area contributed by atoms with Crippen molar-refractivity contribution in [2.75, 3.05) is 7.05 Å². The van der Waals surface area contributed by atoms with E-state index in [9.17, 15) is 14.7 Å². The maximum Gasteiger partial charge on any atom is 0.335 e. The molecule has 6 nitrogen and oxygen atoms in total. The number of aromatic carboxylic acids is 1. The molecule has 0 aromatic heterocycles. The minimum atomic E-state index is -1.04. The Morgan fingerprint density at radius 3 is 2.70 bits per heavy atom. The molecule has 0 atom stereocenters. The zero-order valence-corrected chi connectivity index (χ0v) is 17.8. The summed E-state index contributed by atoms with van der Waals surface area (Å²) in [5, 5.41) is 19.7. The number of amidine groups is 1. The van der Waals surface area contributed by atoms with Gasteiger partial charge in [-0.05, 0) is 64.1 Å². The van der Waals surface area contributed by atoms with Gasteiger partial charge < -0.3 is 10.2 Å². The number of hydrogen-bond donors (Lipinski definition) is 2. The number of carboxylic acids is 1. The molecular formula is C18H12Br2N2O4S. The Morgan fingerprint density at radius 2 is 2.00 bits per heavy atom. The van der Waals surface area contributed by atoms with E-state index in [1.165, 1.54) is 17.0 Å². The Balaban J connectivity index is 1.96. The molecular weight excluding hydrogens is 500 g/mol. The smallest absolute Gasteiger partial charge is 0.335 e. The zero-order chi connectivity index (χ0) is 19.7. The Morgan fingerprint density at radius 1 is 1.26 bits per heavy atom. The molecule has 1 aliphatic rings. The normalized spacial score (nSPS) is 17.1. The van der Waals surface area contributed by atoms with Crippen LogP contribution in [0.15, 0.2) is 55.2 Å². The van der Waals surface area contributed by atoms with E-state index in [1.54, 1.807) is 37.4 Å². The molecule has 1 aliphatic heterocycles. The van der Waals surface area contributed by atoms with E-state index < -0.39 is 5.97 Å². The van der Waals surface area contributed by atoms with Crippen molar-refractivity contribution in [2.24, 2.45) is 4.99 Å². The fraction of sp³-hybridized carbons (Fsp3) is 0.0556. The van der Waals surface area contributed by atoms with Crippen LogP contribution in [0.1, 0.15) is 15.9 Å². The highest BCUT2D eigenvalue weighted by molar-refractivity contribution is 9.11. The summed E-state index contributed by atoms with van der Waals surface area (Å²) in [6.07, 6.45) is 1.59. The lowest BCUT2D eigenvalue weighted by Gasteiger charge is -2.07. The van der Waals surface area contributed by atoms with Gasteiger partial charge in [0.1, 0.15) is 5.75 Å². The quantitative estimate of drug-likeness (QED) is 0.575. The molecule has 2 aromatic carbocycles. The monoisotopic (exact) mass is 510 g/mol. The van der Waals surface area contributed by atoms with Crippen LogP contribution < -0.4 is 0 Å². The van der Waals surface area contributed by atoms with E-state index in [4.69, 9.17) is 5.11 Å². The van der Waals surface area contributed by atoms with Crippen molar-refractivity contribution in [3.05, 3.63) is 61.4 Å². The third kappa shape index (κ3) is 4.26. The number of hydrogen-bond acceptors (Lipinski definition) is 5. The largest absolute Gasteiger partial charge is 0.506 e. The second-order valence-corrected chi connectivity index (χ2v) is 8.33. The lowest BCUT2D eigenvalue weighted by molar-refractivity contribution is -0.121. The first-order chi connectivity index (χ1) is 12.8. The number of amides is 1. The van der Waals surface area contributed by atoms with Crippen LogP contribution in [0.25, 0.3) is 6.08 Å². The van der Waals surface area contributed by atoms with Crippen LogP contribution in [0, 0.1) is 0 Å². The summed E-state index contributed by atoms with van der Waals surface area (Å²) < 4.78 is 1.26. The number of thioether (sulfide) groups is 1. The molecule has 0 aliphatic carbocycles. The molecule has 27 heavy (non-hydrogen) atoms. The number of carboxylic acid groups (broad SMARTS) is 1. The van der Waals surface area contributed by atoms with Gasteiger partial charge in [0.25, 0.3) is 5.91 Å². The molecule has 0 radical (unpaired) electrons. The molecule has 138 valence electrons. The van der Waals surface area contributed by atoms with Crippen LogP contribution in [0.4, 0.5) is 5.69 Å². The summed E-state index contributed by atoms with van der Waals surface area (Å²) in [7, 11) is 1.59. The third-order valence-corrected chi connectivity index (χ3v) is 5.79. The molecule has 0 spiro atoms. The summed E-state index contributed by atoms with van der Waals surface area (Å²) >= 11 is 7.77. The summed E-state index contributed by atoms with van der Waals surface area (Å²) in [6.45, 7) is 0. The topological polar surface area (TPSA) is 90.2 Å². The number of likely N-dealkylation sites (N-methyl/N-ethyl adjacent to an activating group) is 1. The molecule has 9 heteroatoms. The standard InChI is InChI=1S/C18H12Br2N2O4S/c1-22-16(24)14(7-10-5-11(19)8-13(20)15(10)23)27-18(22)21-12-4-2-3-9(6-12)17(25)26/h2-8,23H,1H3,(H,25,26). The number of aromatic hydroxyl groups is 1. The SMILES string of the molecule is CN1C(=O)C(=Cc2cc(Br)cc(Br)c2O)SC1=Nc1cccc(C(=O)O)c1. The lowest BCUT2D eigenvalue weighted by Crippen LogP contribution is -2.23. The first kappa shape index (κ1) is 19.7. The minimum Gasteiger partial charge on any atom is -0.506 e. The molecule has 2 aromatic rings. The van der Waals surface area contributed by atoms with Crippen molar-refractivity contribution in [3.63, 3.8) is 0 Å². The van der Waals surface area contributed by atoms with Gasteiger partial charge >= 0.3 is 5.97 Å². The van der Waals surface area contributed by atoms with Gasteiger partial charge in [-0.25, -0.2) is 9.79 Å². The van der Waals surface area contributed by atoms with E-state index in [1.807, 2.05) is 0 Å². The predicted molar refractivity (Wildman–Crippen MR) is 112 cm³/mol. The number of phenols is 1. The Bertz CT molecular complexity index is 1020. The van der Waals surface area contributed by atoms with Gasteiger partial charge in [-0.3, -0.25) is 9.69 Å². The molecule has 1 amide bonds. The first-order valence-electron chi connectivity index (χ1n) is 7.54. The van der Waals surface area contributed by atoms with Crippen LogP contribution in [0.5, 0.6) is 5.75 Å². The van der Waals surface area contributed by atoms with Crippen LogP contribution in [-0.2, 0) is 4.79 Å². The third-order valence-electron chi connectivity index (χ3n) is 3.67. The van der Waals surface area contributed by atoms with Gasteiger partial charge in [-0.2, -0.15) is 0 Å². The number of rotatable bonds is 3. The van der Waals surface area contributed by atoms with Crippen molar-refractivity contribution in [1.82, 2.24) is 4.90 Å². The number of aliphatic imine (C=N–C) groups is 1. The summed E-state index contributed by atoms with van der Waals surface area (Å²) in [5.74, 6) is -1.28. The summed E-state index contributed by atoms with van der Waals surface area (Å²) in [6, 6.07) is 9.58. The molecule has 0 saturated carbocycles. The maximum atomic E-state index is 12.5. The molecule has 0 bridgehead atoms. The molecule has 1 heterocycles. The molecule has 3 rings (SSSR count). The van der Waals surface area contributed by atoms with Gasteiger partial charge in [-0.1, -0.05) is 22.0 Å². The molecule has 2 N–H and O–H groups in total. The van der Waals surface area contributed by atoms with E-state index in [2.05, 4.69) is 36.9 Å². The van der Waals surface area contributed by atoms with Gasteiger partial charge in [0, 0.05) is 17.1 Å². The Hall–Kier alpha value is -2.10. The van der Waals surface area contributed by atoms with Crippen LogP contribution in [0.3, 0.4) is 0 Å². The number of phenolic OH excluding ortho intramolecular Hbond substituents is 1. The number of carbonyl (C=O) groups excluding carboxylic acids is 1.